The molecule has 0 N–H and O–H groups in total. The minimum absolute atomic E-state index is 0.0185. The van der Waals surface area contributed by atoms with E-state index in [1.165, 1.54) is 70.6 Å². The standard InChI is InChI=1S/C18H34O2.Sn.H/c1-2-3-4-5-6-7-8-9-10-11-12-13-14-15-16-17-18(19)20;;/h9-10H,2-8,11-17H2,1H3,(H,19,20);;/q;+1;/p-1/b10-9-;;. The molecule has 21 heavy (non-hydrogen) atoms. The van der Waals surface area contributed by atoms with Crippen molar-refractivity contribution in [3.05, 3.63) is 12.2 Å². The Morgan fingerprint density at radius 3 is 1.81 bits per heavy atom. The van der Waals surface area contributed by atoms with Crippen molar-refractivity contribution in [3.63, 3.8) is 0 Å². The average molecular weight is 401 g/mol. The van der Waals surface area contributed by atoms with Gasteiger partial charge in [-0.1, -0.05) is 39.0 Å². The Morgan fingerprint density at radius 2 is 1.29 bits per heavy atom. The van der Waals surface area contributed by atoms with Gasteiger partial charge in [0.25, 0.3) is 0 Å². The van der Waals surface area contributed by atoms with Gasteiger partial charge < -0.3 is 0 Å². The van der Waals surface area contributed by atoms with Crippen molar-refractivity contribution in [3.8, 4) is 0 Å². The Hall–Kier alpha value is 0.00870. The first kappa shape index (κ1) is 21.0. The van der Waals surface area contributed by atoms with Crippen molar-refractivity contribution in [2.75, 3.05) is 0 Å². The second kappa shape index (κ2) is 18.1. The van der Waals surface area contributed by atoms with Crippen LogP contribution >= 0.6 is 0 Å². The van der Waals surface area contributed by atoms with E-state index in [1.807, 2.05) is 0 Å². The molecule has 0 fully saturated rings. The maximum atomic E-state index is 10.9. The van der Waals surface area contributed by atoms with E-state index in [4.69, 9.17) is 3.07 Å². The van der Waals surface area contributed by atoms with E-state index in [-0.39, 0.29) is 5.97 Å². The fourth-order valence-corrected chi connectivity index (χ4v) is 2.74. The summed E-state index contributed by atoms with van der Waals surface area (Å²) in [6.07, 6.45) is 22.1. The first-order valence-electron chi connectivity index (χ1n) is 8.85. The first-order chi connectivity index (χ1) is 10.3. The third kappa shape index (κ3) is 18.0. The van der Waals surface area contributed by atoms with Crippen molar-refractivity contribution in [1.29, 1.82) is 0 Å². The number of unbranched alkanes of at least 4 members (excludes halogenated alkanes) is 11. The third-order valence-corrected chi connectivity index (χ3v) is 4.52. The van der Waals surface area contributed by atoms with E-state index >= 15 is 0 Å². The van der Waals surface area contributed by atoms with E-state index in [0.717, 1.165) is 12.8 Å². The Kier molecular flexibility index (Phi) is 18.1. The van der Waals surface area contributed by atoms with Crippen molar-refractivity contribution >= 4 is 28.9 Å². The zero-order valence-corrected chi connectivity index (χ0v) is 17.2. The van der Waals surface area contributed by atoms with E-state index in [0.29, 0.717) is 29.4 Å². The van der Waals surface area contributed by atoms with Crippen molar-refractivity contribution in [2.24, 2.45) is 0 Å². The second-order valence-corrected chi connectivity index (χ2v) is 6.50. The summed E-state index contributed by atoms with van der Waals surface area (Å²) >= 11 is 0.596. The van der Waals surface area contributed by atoms with Crippen LogP contribution < -0.4 is 0 Å². The van der Waals surface area contributed by atoms with Crippen LogP contribution in [-0.4, -0.2) is 28.9 Å². The SMILES string of the molecule is CCCCCCCC/C=C\CCCCCCCC(=O)[O][SnH]. The molecule has 0 spiro atoms. The van der Waals surface area contributed by atoms with E-state index in [9.17, 15) is 4.79 Å². The summed E-state index contributed by atoms with van der Waals surface area (Å²) in [7, 11) is 0. The van der Waals surface area contributed by atoms with Gasteiger partial charge in [0.1, 0.15) is 0 Å². The molecule has 122 valence electrons. The Morgan fingerprint density at radius 1 is 0.810 bits per heavy atom. The maximum absolute atomic E-state index is 10.9. The predicted octanol–water partition coefficient (Wildman–Crippen LogP) is 5.38. The number of hydrogen-bond donors (Lipinski definition) is 0. The van der Waals surface area contributed by atoms with Crippen LogP contribution in [0.25, 0.3) is 0 Å². The number of hydrogen-bond acceptors (Lipinski definition) is 2. The Balaban J connectivity index is 3.10. The molecule has 0 heterocycles. The van der Waals surface area contributed by atoms with Gasteiger partial charge in [0.05, 0.1) is 0 Å². The summed E-state index contributed by atoms with van der Waals surface area (Å²) in [6.45, 7) is 2.27. The molecule has 3 heteroatoms. The van der Waals surface area contributed by atoms with Gasteiger partial charge in [-0.05, 0) is 6.42 Å². The zero-order chi connectivity index (χ0) is 15.6. The Labute approximate surface area is 145 Å². The molecule has 0 unspecified atom stereocenters. The zero-order valence-electron chi connectivity index (χ0n) is 13.9. The Bertz CT molecular complexity index is 252. The molecule has 0 aromatic rings. The van der Waals surface area contributed by atoms with Gasteiger partial charge in [0.2, 0.25) is 0 Å². The molecule has 2 nitrogen and oxygen atoms in total. The van der Waals surface area contributed by atoms with Crippen LogP contribution in [-0.2, 0) is 7.87 Å². The van der Waals surface area contributed by atoms with Crippen LogP contribution in [0.15, 0.2) is 12.2 Å². The van der Waals surface area contributed by atoms with Crippen LogP contribution in [0, 0.1) is 0 Å². The molecule has 0 atom stereocenters. The number of carbonyl (C=O) groups excluding carboxylic acids is 1. The van der Waals surface area contributed by atoms with E-state index in [2.05, 4.69) is 19.1 Å². The molecule has 0 aromatic carbocycles. The molecular formula is C18H34O2Sn. The number of allylic oxidation sites excluding steroid dienone is 2. The fourth-order valence-electron chi connectivity index (χ4n) is 2.40. The van der Waals surface area contributed by atoms with Gasteiger partial charge in [-0.25, -0.2) is 0 Å². The molecule has 0 saturated heterocycles. The molecule has 0 amide bonds. The van der Waals surface area contributed by atoms with Gasteiger partial charge in [0.15, 0.2) is 0 Å². The molecule has 0 aliphatic carbocycles. The molecule has 2 radical (unpaired) electrons. The van der Waals surface area contributed by atoms with Gasteiger partial charge in [-0.2, -0.15) is 0 Å². The van der Waals surface area contributed by atoms with Gasteiger partial charge >= 0.3 is 100 Å². The van der Waals surface area contributed by atoms with Gasteiger partial charge in [-0.15, -0.1) is 0 Å². The molecule has 0 rings (SSSR count). The van der Waals surface area contributed by atoms with E-state index in [1.54, 1.807) is 0 Å². The molecule has 0 aliphatic rings. The second-order valence-electron chi connectivity index (χ2n) is 5.82. The minimum atomic E-state index is -0.0185. The number of carbonyl (C=O) groups is 1. The summed E-state index contributed by atoms with van der Waals surface area (Å²) in [5.41, 5.74) is 0. The van der Waals surface area contributed by atoms with Crippen molar-refractivity contribution in [1.82, 2.24) is 0 Å². The summed E-state index contributed by atoms with van der Waals surface area (Å²) in [5.74, 6) is -0.0185. The topological polar surface area (TPSA) is 26.3 Å². The van der Waals surface area contributed by atoms with Crippen LogP contribution in [0.5, 0.6) is 0 Å². The monoisotopic (exact) mass is 402 g/mol. The third-order valence-electron chi connectivity index (χ3n) is 3.77. The number of rotatable bonds is 15. The van der Waals surface area contributed by atoms with Crippen molar-refractivity contribution in [2.45, 2.75) is 96.8 Å². The molecule has 0 saturated carbocycles. The molecule has 0 aliphatic heterocycles. The van der Waals surface area contributed by atoms with Crippen LogP contribution in [0.3, 0.4) is 0 Å². The van der Waals surface area contributed by atoms with Gasteiger partial charge in [0, 0.05) is 0 Å². The summed E-state index contributed by atoms with van der Waals surface area (Å²) < 4.78 is 4.75. The van der Waals surface area contributed by atoms with Crippen LogP contribution in [0.2, 0.25) is 0 Å². The summed E-state index contributed by atoms with van der Waals surface area (Å²) in [5, 5.41) is 0. The normalized spacial score (nSPS) is 11.1. The quantitative estimate of drug-likeness (QED) is 0.209. The first-order valence-corrected chi connectivity index (χ1v) is 10.2. The predicted molar refractivity (Wildman–Crippen MR) is 92.7 cm³/mol. The summed E-state index contributed by atoms with van der Waals surface area (Å²) in [6, 6.07) is 0. The van der Waals surface area contributed by atoms with E-state index < -0.39 is 0 Å². The summed E-state index contributed by atoms with van der Waals surface area (Å²) in [4.78, 5) is 10.9. The van der Waals surface area contributed by atoms with Crippen molar-refractivity contribution < 1.29 is 7.87 Å². The van der Waals surface area contributed by atoms with Crippen LogP contribution in [0.1, 0.15) is 96.8 Å². The molecule has 0 bridgehead atoms. The van der Waals surface area contributed by atoms with Crippen LogP contribution in [0.4, 0.5) is 0 Å². The fraction of sp³-hybridized carbons (Fsp3) is 0.833. The molecular weight excluding hydrogens is 367 g/mol. The van der Waals surface area contributed by atoms with Gasteiger partial charge in [-0.3, -0.25) is 0 Å². The molecule has 0 aromatic heterocycles. The average Bonchev–Trinajstić information content (AvgIpc) is 2.50.